The van der Waals surface area contributed by atoms with E-state index in [2.05, 4.69) is 26.5 Å². The third-order valence-electron chi connectivity index (χ3n) is 6.33. The molecule has 0 saturated heterocycles. The third kappa shape index (κ3) is 1.74. The molecule has 0 N–H and O–H groups in total. The fourth-order valence-corrected chi connectivity index (χ4v) is 5.11. The van der Waals surface area contributed by atoms with Gasteiger partial charge in [-0.3, -0.25) is 9.38 Å². The van der Waals surface area contributed by atoms with Crippen LogP contribution in [0.25, 0.3) is 71.2 Å². The smallest absolute Gasteiger partial charge is 0.180 e. The van der Waals surface area contributed by atoms with Crippen molar-refractivity contribution in [1.29, 1.82) is 0 Å². The summed E-state index contributed by atoms with van der Waals surface area (Å²) in [5.41, 5.74) is 5.18. The van der Waals surface area contributed by atoms with Crippen LogP contribution < -0.4 is 0 Å². The molecule has 144 valence electrons. The van der Waals surface area contributed by atoms with E-state index in [9.17, 15) is 0 Å². The van der Waals surface area contributed by atoms with Crippen LogP contribution in [0, 0.1) is 0 Å². The summed E-state index contributed by atoms with van der Waals surface area (Å²) < 4.78 is 15.0. The summed E-state index contributed by atoms with van der Waals surface area (Å²) in [6, 6.07) is 18.3. The Morgan fingerprint density at radius 3 is 2.16 bits per heavy atom. The second kappa shape index (κ2) is 5.21. The van der Waals surface area contributed by atoms with Crippen LogP contribution in [-0.4, -0.2) is 14.4 Å². The molecule has 0 bridgehead atoms. The van der Waals surface area contributed by atoms with Crippen LogP contribution in [-0.2, 0) is 0 Å². The van der Waals surface area contributed by atoms with E-state index in [1.807, 2.05) is 67.3 Å². The first kappa shape index (κ1) is 15.5. The quantitative estimate of drug-likeness (QED) is 0.262. The lowest BCUT2D eigenvalue weighted by molar-refractivity contribution is 0.633. The van der Waals surface area contributed by atoms with Gasteiger partial charge in [-0.1, -0.05) is 36.4 Å². The Kier molecular flexibility index (Phi) is 2.60. The number of pyridine rings is 2. The molecule has 0 saturated carbocycles. The SMILES string of the molecule is c1ccc2c(c1)oc1c3oc4ccccc4c3c3c(c4cnccc4c4nccn43)c21. The normalized spacial score (nSPS) is 12.5. The van der Waals surface area contributed by atoms with Gasteiger partial charge in [0.15, 0.2) is 11.2 Å². The molecule has 0 spiro atoms. The summed E-state index contributed by atoms with van der Waals surface area (Å²) in [5.74, 6) is 0. The van der Waals surface area contributed by atoms with Gasteiger partial charge in [0.1, 0.15) is 16.8 Å². The van der Waals surface area contributed by atoms with Gasteiger partial charge in [-0.25, -0.2) is 4.98 Å². The minimum Gasteiger partial charge on any atom is -0.452 e. The molecule has 5 heterocycles. The van der Waals surface area contributed by atoms with Gasteiger partial charge in [-0.15, -0.1) is 0 Å². The van der Waals surface area contributed by atoms with E-state index in [-0.39, 0.29) is 0 Å². The molecule has 0 aliphatic heterocycles. The first-order chi connectivity index (χ1) is 15.4. The lowest BCUT2D eigenvalue weighted by Gasteiger charge is -2.10. The molecule has 8 aromatic rings. The second-order valence-corrected chi connectivity index (χ2v) is 7.87. The van der Waals surface area contributed by atoms with Crippen molar-refractivity contribution in [3.63, 3.8) is 0 Å². The lowest BCUT2D eigenvalue weighted by atomic mass is 9.98. The van der Waals surface area contributed by atoms with Crippen molar-refractivity contribution in [2.75, 3.05) is 0 Å². The minimum atomic E-state index is 0.762. The first-order valence-corrected chi connectivity index (χ1v) is 10.2. The second-order valence-electron chi connectivity index (χ2n) is 7.87. The van der Waals surface area contributed by atoms with Crippen molar-refractivity contribution in [2.24, 2.45) is 0 Å². The summed E-state index contributed by atoms with van der Waals surface area (Å²) in [6.07, 6.45) is 7.62. The maximum atomic E-state index is 6.41. The molecule has 0 amide bonds. The zero-order valence-electron chi connectivity index (χ0n) is 16.2. The molecular weight excluding hydrogens is 386 g/mol. The van der Waals surface area contributed by atoms with Crippen molar-refractivity contribution in [2.45, 2.75) is 0 Å². The Balaban J connectivity index is 1.89. The third-order valence-corrected chi connectivity index (χ3v) is 6.33. The zero-order valence-corrected chi connectivity index (χ0v) is 16.2. The van der Waals surface area contributed by atoms with Crippen LogP contribution in [0.15, 0.2) is 88.2 Å². The average Bonchev–Trinajstić information content (AvgIpc) is 3.53. The Morgan fingerprint density at radius 1 is 0.645 bits per heavy atom. The van der Waals surface area contributed by atoms with Crippen molar-refractivity contribution in [1.82, 2.24) is 14.4 Å². The summed E-state index contributed by atoms with van der Waals surface area (Å²) in [7, 11) is 0. The van der Waals surface area contributed by atoms with E-state index in [4.69, 9.17) is 8.83 Å². The van der Waals surface area contributed by atoms with Gasteiger partial charge < -0.3 is 8.83 Å². The van der Waals surface area contributed by atoms with E-state index in [1.165, 1.54) is 0 Å². The minimum absolute atomic E-state index is 0.762. The van der Waals surface area contributed by atoms with E-state index >= 15 is 0 Å². The Hall–Kier alpha value is -4.38. The van der Waals surface area contributed by atoms with Gasteiger partial charge >= 0.3 is 0 Å². The highest BCUT2D eigenvalue weighted by Gasteiger charge is 2.24. The monoisotopic (exact) mass is 399 g/mol. The van der Waals surface area contributed by atoms with E-state index in [1.54, 1.807) is 0 Å². The van der Waals surface area contributed by atoms with E-state index in [0.717, 1.165) is 71.2 Å². The molecule has 5 heteroatoms. The van der Waals surface area contributed by atoms with Crippen molar-refractivity contribution in [3.05, 3.63) is 79.4 Å². The number of aromatic nitrogens is 3. The van der Waals surface area contributed by atoms with Crippen LogP contribution >= 0.6 is 0 Å². The van der Waals surface area contributed by atoms with Crippen LogP contribution in [0.5, 0.6) is 0 Å². The summed E-state index contributed by atoms with van der Waals surface area (Å²) in [4.78, 5) is 9.14. The van der Waals surface area contributed by atoms with Crippen LogP contribution in [0.4, 0.5) is 0 Å². The van der Waals surface area contributed by atoms with E-state index in [0.29, 0.717) is 0 Å². The van der Waals surface area contributed by atoms with Gasteiger partial charge in [0, 0.05) is 57.1 Å². The highest BCUT2D eigenvalue weighted by Crippen LogP contribution is 2.46. The van der Waals surface area contributed by atoms with Gasteiger partial charge in [-0.05, 0) is 18.2 Å². The maximum absolute atomic E-state index is 6.41. The fraction of sp³-hybridized carbons (Fsp3) is 0. The molecule has 0 atom stereocenters. The number of imidazole rings is 1. The zero-order chi connectivity index (χ0) is 20.1. The fourth-order valence-electron chi connectivity index (χ4n) is 5.11. The number of nitrogens with zero attached hydrogens (tertiary/aromatic N) is 3. The largest absolute Gasteiger partial charge is 0.452 e. The molecule has 3 aromatic carbocycles. The maximum Gasteiger partial charge on any atom is 0.180 e. The molecule has 0 aliphatic carbocycles. The predicted molar refractivity (Wildman–Crippen MR) is 123 cm³/mol. The van der Waals surface area contributed by atoms with Gasteiger partial charge in [0.05, 0.1) is 10.9 Å². The van der Waals surface area contributed by atoms with Crippen LogP contribution in [0.3, 0.4) is 0 Å². The van der Waals surface area contributed by atoms with E-state index < -0.39 is 0 Å². The highest BCUT2D eigenvalue weighted by atomic mass is 16.4. The van der Waals surface area contributed by atoms with Gasteiger partial charge in [0.2, 0.25) is 0 Å². The Bertz CT molecular complexity index is 2010. The summed E-state index contributed by atoms with van der Waals surface area (Å²) >= 11 is 0. The number of benzene rings is 3. The van der Waals surface area contributed by atoms with Crippen LogP contribution in [0.1, 0.15) is 0 Å². The number of hydrogen-bond acceptors (Lipinski definition) is 4. The van der Waals surface area contributed by atoms with Crippen molar-refractivity contribution >= 4 is 71.2 Å². The molecule has 8 rings (SSSR count). The number of para-hydroxylation sites is 2. The number of fused-ring (bicyclic) bond motifs is 15. The molecule has 0 fully saturated rings. The van der Waals surface area contributed by atoms with Crippen molar-refractivity contribution < 1.29 is 8.83 Å². The Labute approximate surface area is 174 Å². The first-order valence-electron chi connectivity index (χ1n) is 10.2. The van der Waals surface area contributed by atoms with Crippen LogP contribution in [0.2, 0.25) is 0 Å². The average molecular weight is 399 g/mol. The number of rotatable bonds is 0. The topological polar surface area (TPSA) is 56.5 Å². The molecule has 0 aliphatic rings. The lowest BCUT2D eigenvalue weighted by Crippen LogP contribution is -1.93. The van der Waals surface area contributed by atoms with Gasteiger partial charge in [-0.2, -0.15) is 0 Å². The molecule has 0 unspecified atom stereocenters. The van der Waals surface area contributed by atoms with Crippen molar-refractivity contribution in [3.8, 4) is 0 Å². The molecule has 5 aromatic heterocycles. The molecule has 31 heavy (non-hydrogen) atoms. The standard InChI is InChI=1S/C26H13N3O2/c1-3-7-18-15(5-1)21-20-17-13-27-10-9-14(17)26-28-11-12-29(26)23(20)22-16-6-2-4-8-19(16)31-25(22)24(21)30-18/h1-13H. The number of furan rings is 2. The predicted octanol–water partition coefficient (Wildman–Crippen LogP) is 6.83. The Morgan fingerprint density at radius 2 is 1.35 bits per heavy atom. The molecule has 5 nitrogen and oxygen atoms in total. The molecular formula is C26H13N3O2. The summed E-state index contributed by atoms with van der Waals surface area (Å²) in [5, 5.41) is 7.42. The highest BCUT2D eigenvalue weighted by molar-refractivity contribution is 6.37. The molecule has 0 radical (unpaired) electrons. The summed E-state index contributed by atoms with van der Waals surface area (Å²) in [6.45, 7) is 0. The van der Waals surface area contributed by atoms with Gasteiger partial charge in [0.25, 0.3) is 0 Å². The number of hydrogen-bond donors (Lipinski definition) is 0.